The van der Waals surface area contributed by atoms with Gasteiger partial charge in [0.25, 0.3) is 5.91 Å². The van der Waals surface area contributed by atoms with Crippen LogP contribution in [0.1, 0.15) is 27.4 Å². The molecule has 2 aromatic heterocycles. The van der Waals surface area contributed by atoms with Gasteiger partial charge in [0, 0.05) is 30.3 Å². The van der Waals surface area contributed by atoms with Gasteiger partial charge in [-0.25, -0.2) is 4.39 Å². The van der Waals surface area contributed by atoms with Crippen LogP contribution in [0.25, 0.3) is 0 Å². The molecular weight excluding hydrogens is 337 g/mol. The predicted octanol–water partition coefficient (Wildman–Crippen LogP) is 2.99. The van der Waals surface area contributed by atoms with Crippen molar-refractivity contribution in [1.82, 2.24) is 15.0 Å². The SMILES string of the molecule is O=C(c1ccc(F)cc1)N1CCc2onc(COc3cccnc3)c2C1. The molecule has 1 aliphatic heterocycles. The van der Waals surface area contributed by atoms with Crippen LogP contribution >= 0.6 is 0 Å². The zero-order valence-corrected chi connectivity index (χ0v) is 13.9. The Morgan fingerprint density at radius 1 is 1.27 bits per heavy atom. The summed E-state index contributed by atoms with van der Waals surface area (Å²) < 4.78 is 24.1. The number of carbonyl (C=O) groups excluding carboxylic acids is 1. The highest BCUT2D eigenvalue weighted by molar-refractivity contribution is 5.94. The van der Waals surface area contributed by atoms with Gasteiger partial charge < -0.3 is 14.2 Å². The van der Waals surface area contributed by atoms with Crippen LogP contribution in [0.3, 0.4) is 0 Å². The number of ether oxygens (including phenoxy) is 1. The molecule has 132 valence electrons. The highest BCUT2D eigenvalue weighted by Gasteiger charge is 2.27. The third-order valence-electron chi connectivity index (χ3n) is 4.30. The largest absolute Gasteiger partial charge is 0.486 e. The van der Waals surface area contributed by atoms with Crippen LogP contribution in [-0.4, -0.2) is 27.5 Å². The Bertz CT molecular complexity index is 910. The van der Waals surface area contributed by atoms with Crippen molar-refractivity contribution in [3.8, 4) is 5.75 Å². The zero-order valence-electron chi connectivity index (χ0n) is 13.9. The number of aromatic nitrogens is 2. The third kappa shape index (κ3) is 3.28. The van der Waals surface area contributed by atoms with Crippen LogP contribution in [0.2, 0.25) is 0 Å². The number of amides is 1. The molecule has 0 unspecified atom stereocenters. The summed E-state index contributed by atoms with van der Waals surface area (Å²) in [6, 6.07) is 9.16. The molecule has 0 radical (unpaired) electrons. The summed E-state index contributed by atoms with van der Waals surface area (Å²) in [5, 5.41) is 4.08. The van der Waals surface area contributed by atoms with E-state index >= 15 is 0 Å². The fourth-order valence-corrected chi connectivity index (χ4v) is 2.91. The molecule has 0 saturated heterocycles. The predicted molar refractivity (Wildman–Crippen MR) is 89.9 cm³/mol. The summed E-state index contributed by atoms with van der Waals surface area (Å²) in [7, 11) is 0. The monoisotopic (exact) mass is 353 g/mol. The van der Waals surface area contributed by atoms with Crippen molar-refractivity contribution in [3.63, 3.8) is 0 Å². The Hall–Kier alpha value is -3.22. The van der Waals surface area contributed by atoms with Crippen molar-refractivity contribution in [2.24, 2.45) is 0 Å². The van der Waals surface area contributed by atoms with Gasteiger partial charge in [0.05, 0.1) is 12.7 Å². The molecule has 0 atom stereocenters. The third-order valence-corrected chi connectivity index (χ3v) is 4.30. The second-order valence-electron chi connectivity index (χ2n) is 5.99. The van der Waals surface area contributed by atoms with E-state index < -0.39 is 0 Å². The average molecular weight is 353 g/mol. The fourth-order valence-electron chi connectivity index (χ4n) is 2.91. The molecule has 26 heavy (non-hydrogen) atoms. The van der Waals surface area contributed by atoms with E-state index in [2.05, 4.69) is 10.1 Å². The van der Waals surface area contributed by atoms with Crippen LogP contribution in [-0.2, 0) is 19.6 Å². The Morgan fingerprint density at radius 2 is 2.12 bits per heavy atom. The molecule has 0 saturated carbocycles. The minimum atomic E-state index is -0.364. The fraction of sp³-hybridized carbons (Fsp3) is 0.211. The molecule has 0 bridgehead atoms. The van der Waals surface area contributed by atoms with Gasteiger partial charge in [-0.05, 0) is 36.4 Å². The molecule has 1 aromatic carbocycles. The Kier molecular flexibility index (Phi) is 4.35. The van der Waals surface area contributed by atoms with E-state index in [4.69, 9.17) is 9.26 Å². The summed E-state index contributed by atoms with van der Waals surface area (Å²) in [6.07, 6.45) is 3.88. The smallest absolute Gasteiger partial charge is 0.254 e. The van der Waals surface area contributed by atoms with Crippen molar-refractivity contribution in [1.29, 1.82) is 0 Å². The number of pyridine rings is 1. The van der Waals surface area contributed by atoms with E-state index in [-0.39, 0.29) is 18.3 Å². The maximum absolute atomic E-state index is 13.1. The summed E-state index contributed by atoms with van der Waals surface area (Å²) in [5.41, 5.74) is 2.00. The number of hydrogen-bond acceptors (Lipinski definition) is 5. The number of fused-ring (bicyclic) bond motifs is 1. The van der Waals surface area contributed by atoms with Crippen LogP contribution in [0.5, 0.6) is 5.75 Å². The standard InChI is InChI=1S/C19H16FN3O3/c20-14-5-3-13(4-6-14)19(24)23-9-7-18-16(11-23)17(22-26-18)12-25-15-2-1-8-21-10-15/h1-6,8,10H,7,9,11-12H2. The Morgan fingerprint density at radius 3 is 2.88 bits per heavy atom. The van der Waals surface area contributed by atoms with Crippen LogP contribution < -0.4 is 4.74 Å². The zero-order chi connectivity index (χ0) is 17.9. The first-order valence-electron chi connectivity index (χ1n) is 8.24. The van der Waals surface area contributed by atoms with E-state index in [1.807, 2.05) is 6.07 Å². The van der Waals surface area contributed by atoms with E-state index in [0.29, 0.717) is 36.5 Å². The van der Waals surface area contributed by atoms with Gasteiger partial charge in [0.2, 0.25) is 0 Å². The lowest BCUT2D eigenvalue weighted by molar-refractivity contribution is 0.0728. The minimum Gasteiger partial charge on any atom is -0.486 e. The maximum atomic E-state index is 13.1. The molecule has 6 nitrogen and oxygen atoms in total. The first-order valence-corrected chi connectivity index (χ1v) is 8.24. The van der Waals surface area contributed by atoms with Crippen molar-refractivity contribution in [2.75, 3.05) is 6.54 Å². The van der Waals surface area contributed by atoms with Crippen LogP contribution in [0, 0.1) is 5.82 Å². The van der Waals surface area contributed by atoms with Gasteiger partial charge in [0.1, 0.15) is 29.6 Å². The van der Waals surface area contributed by atoms with E-state index in [9.17, 15) is 9.18 Å². The molecule has 0 aliphatic carbocycles. The van der Waals surface area contributed by atoms with Crippen LogP contribution in [0.4, 0.5) is 4.39 Å². The Labute approximate surface area is 149 Å². The Balaban J connectivity index is 1.48. The topological polar surface area (TPSA) is 68.5 Å². The van der Waals surface area contributed by atoms with Crippen molar-refractivity contribution >= 4 is 5.91 Å². The second kappa shape index (κ2) is 6.95. The average Bonchev–Trinajstić information content (AvgIpc) is 3.09. The van der Waals surface area contributed by atoms with Gasteiger partial charge in [-0.15, -0.1) is 0 Å². The van der Waals surface area contributed by atoms with E-state index in [1.165, 1.54) is 24.3 Å². The van der Waals surface area contributed by atoms with Gasteiger partial charge in [-0.2, -0.15) is 0 Å². The molecule has 1 aliphatic rings. The lowest BCUT2D eigenvalue weighted by Gasteiger charge is -2.26. The maximum Gasteiger partial charge on any atom is 0.254 e. The number of rotatable bonds is 4. The molecule has 0 N–H and O–H groups in total. The number of hydrogen-bond donors (Lipinski definition) is 0. The number of carbonyl (C=O) groups is 1. The molecule has 0 spiro atoms. The number of nitrogens with zero attached hydrogens (tertiary/aromatic N) is 3. The van der Waals surface area contributed by atoms with Crippen LogP contribution in [0.15, 0.2) is 53.3 Å². The summed E-state index contributed by atoms with van der Waals surface area (Å²) >= 11 is 0. The minimum absolute atomic E-state index is 0.143. The molecule has 7 heteroatoms. The van der Waals surface area contributed by atoms with E-state index in [1.54, 1.807) is 23.4 Å². The lowest BCUT2D eigenvalue weighted by Crippen LogP contribution is -2.36. The first kappa shape index (κ1) is 16.3. The molecule has 1 amide bonds. The normalized spacial score (nSPS) is 13.3. The summed E-state index contributed by atoms with van der Waals surface area (Å²) in [4.78, 5) is 18.4. The van der Waals surface area contributed by atoms with Gasteiger partial charge in [-0.1, -0.05) is 5.16 Å². The quantitative estimate of drug-likeness (QED) is 0.721. The summed E-state index contributed by atoms with van der Waals surface area (Å²) in [5.74, 6) is 0.907. The van der Waals surface area contributed by atoms with Gasteiger partial charge >= 0.3 is 0 Å². The number of benzene rings is 1. The van der Waals surface area contributed by atoms with Crippen molar-refractivity contribution in [2.45, 2.75) is 19.6 Å². The summed E-state index contributed by atoms with van der Waals surface area (Å²) in [6.45, 7) is 1.16. The van der Waals surface area contributed by atoms with E-state index in [0.717, 1.165) is 11.3 Å². The molecule has 3 heterocycles. The first-order chi connectivity index (χ1) is 12.7. The number of halogens is 1. The lowest BCUT2D eigenvalue weighted by atomic mass is 10.0. The second-order valence-corrected chi connectivity index (χ2v) is 5.99. The van der Waals surface area contributed by atoms with Crippen molar-refractivity contribution < 1.29 is 18.4 Å². The molecule has 3 aromatic rings. The van der Waals surface area contributed by atoms with Crippen molar-refractivity contribution in [3.05, 3.63) is 77.2 Å². The molecular formula is C19H16FN3O3. The van der Waals surface area contributed by atoms with Gasteiger partial charge in [0.15, 0.2) is 0 Å². The molecule has 4 rings (SSSR count). The van der Waals surface area contributed by atoms with Gasteiger partial charge in [-0.3, -0.25) is 9.78 Å². The highest BCUT2D eigenvalue weighted by atomic mass is 19.1. The highest BCUT2D eigenvalue weighted by Crippen LogP contribution is 2.25. The molecule has 0 fully saturated rings.